The summed E-state index contributed by atoms with van der Waals surface area (Å²) >= 11 is 6.07. The summed E-state index contributed by atoms with van der Waals surface area (Å²) in [5, 5.41) is 22.0. The van der Waals surface area contributed by atoms with Crippen LogP contribution >= 0.6 is 11.6 Å². The second-order valence-corrected chi connectivity index (χ2v) is 6.43. The van der Waals surface area contributed by atoms with Gasteiger partial charge in [-0.05, 0) is 12.1 Å². The van der Waals surface area contributed by atoms with Crippen LogP contribution in [0.5, 0.6) is 5.75 Å². The highest BCUT2D eigenvalue weighted by atomic mass is 35.5. The van der Waals surface area contributed by atoms with Crippen molar-refractivity contribution in [2.45, 2.75) is 12.9 Å². The number of nitrogens with zero attached hydrogens (tertiary/aromatic N) is 2. The Kier molecular flexibility index (Phi) is 4.70. The van der Waals surface area contributed by atoms with Crippen molar-refractivity contribution in [2.24, 2.45) is 5.10 Å². The highest BCUT2D eigenvalue weighted by Crippen LogP contribution is 2.27. The van der Waals surface area contributed by atoms with Crippen LogP contribution in [-0.4, -0.2) is 34.8 Å². The van der Waals surface area contributed by atoms with Crippen LogP contribution in [0.15, 0.2) is 65.4 Å². The van der Waals surface area contributed by atoms with Crippen molar-refractivity contribution >= 4 is 23.3 Å². The van der Waals surface area contributed by atoms with E-state index < -0.39 is 6.29 Å². The Morgan fingerprint density at radius 2 is 1.96 bits per heavy atom. The van der Waals surface area contributed by atoms with Gasteiger partial charge in [-0.3, -0.25) is 4.79 Å². The maximum absolute atomic E-state index is 12.4. The van der Waals surface area contributed by atoms with Gasteiger partial charge in [-0.25, -0.2) is 0 Å². The van der Waals surface area contributed by atoms with Crippen LogP contribution in [-0.2, 0) is 11.4 Å². The van der Waals surface area contributed by atoms with Crippen molar-refractivity contribution in [2.75, 3.05) is 6.61 Å². The molecule has 7 nitrogen and oxygen atoms in total. The van der Waals surface area contributed by atoms with Gasteiger partial charge in [-0.2, -0.15) is 5.01 Å². The van der Waals surface area contributed by atoms with Gasteiger partial charge in [0.1, 0.15) is 12.4 Å². The SMILES string of the molecule is O=C1C=C(COc2cccc(Cl)c2CO)NC2NC(c3ccccc3)=NN12. The number of amidine groups is 1. The summed E-state index contributed by atoms with van der Waals surface area (Å²) in [5.74, 6) is 0.849. The van der Waals surface area contributed by atoms with Crippen LogP contribution in [0.2, 0.25) is 5.02 Å². The minimum absolute atomic E-state index is 0.131. The molecule has 1 unspecified atom stereocenters. The van der Waals surface area contributed by atoms with Crippen molar-refractivity contribution < 1.29 is 14.6 Å². The molecule has 0 bridgehead atoms. The third kappa shape index (κ3) is 3.47. The van der Waals surface area contributed by atoms with Crippen molar-refractivity contribution in [1.82, 2.24) is 15.6 Å². The number of aliphatic hydroxyl groups excluding tert-OH is 1. The zero-order valence-electron chi connectivity index (χ0n) is 14.2. The largest absolute Gasteiger partial charge is 0.487 e. The number of ether oxygens (including phenoxy) is 1. The molecule has 0 aromatic heterocycles. The average Bonchev–Trinajstić information content (AvgIpc) is 3.12. The van der Waals surface area contributed by atoms with Gasteiger partial charge in [0.15, 0.2) is 5.84 Å². The molecule has 0 radical (unpaired) electrons. The fraction of sp³-hybridized carbons (Fsp3) is 0.158. The Bertz CT molecular complexity index is 930. The van der Waals surface area contributed by atoms with Crippen LogP contribution < -0.4 is 15.4 Å². The van der Waals surface area contributed by atoms with E-state index in [1.54, 1.807) is 18.2 Å². The van der Waals surface area contributed by atoms with Crippen LogP contribution in [0.4, 0.5) is 0 Å². The molecule has 0 saturated carbocycles. The summed E-state index contributed by atoms with van der Waals surface area (Å²) < 4.78 is 5.75. The van der Waals surface area contributed by atoms with Gasteiger partial charge in [0.05, 0.1) is 12.3 Å². The number of amides is 1. The average molecular weight is 385 g/mol. The molecule has 0 aliphatic carbocycles. The molecule has 8 heteroatoms. The molecule has 0 fully saturated rings. The van der Waals surface area contributed by atoms with Gasteiger partial charge in [0.2, 0.25) is 6.29 Å². The predicted molar refractivity (Wildman–Crippen MR) is 101 cm³/mol. The summed E-state index contributed by atoms with van der Waals surface area (Å²) in [7, 11) is 0. The number of halogens is 1. The van der Waals surface area contributed by atoms with Crippen LogP contribution in [0.3, 0.4) is 0 Å². The second-order valence-electron chi connectivity index (χ2n) is 6.02. The van der Waals surface area contributed by atoms with Crippen molar-refractivity contribution in [3.05, 3.63) is 76.5 Å². The van der Waals surface area contributed by atoms with E-state index >= 15 is 0 Å². The zero-order valence-corrected chi connectivity index (χ0v) is 15.0. The number of hydrogen-bond donors (Lipinski definition) is 3. The first-order valence-corrected chi connectivity index (χ1v) is 8.75. The summed E-state index contributed by atoms with van der Waals surface area (Å²) in [5.41, 5.74) is 2.00. The quantitative estimate of drug-likeness (QED) is 0.731. The molecule has 2 aliphatic heterocycles. The number of aliphatic hydroxyl groups is 1. The standard InChI is InChI=1S/C19H17ClN4O3/c20-15-7-4-8-16(14(15)10-25)27-11-13-9-17(26)24-19(21-13)22-18(23-24)12-5-2-1-3-6-12/h1-9,19,21,25H,10-11H2,(H,22,23). The summed E-state index contributed by atoms with van der Waals surface area (Å²) in [4.78, 5) is 12.4. The molecule has 4 rings (SSSR count). The first kappa shape index (κ1) is 17.4. The molecule has 0 spiro atoms. The maximum Gasteiger partial charge on any atom is 0.272 e. The fourth-order valence-electron chi connectivity index (χ4n) is 2.89. The van der Waals surface area contributed by atoms with Gasteiger partial charge in [0, 0.05) is 22.2 Å². The third-order valence-corrected chi connectivity index (χ3v) is 4.59. The summed E-state index contributed by atoms with van der Waals surface area (Å²) in [6.07, 6.45) is 0.965. The Hall–Kier alpha value is -3.03. The second kappa shape index (κ2) is 7.30. The number of nitrogens with one attached hydrogen (secondary N) is 2. The molecule has 138 valence electrons. The molecular weight excluding hydrogens is 368 g/mol. The van der Waals surface area contributed by atoms with Gasteiger partial charge < -0.3 is 20.5 Å². The Morgan fingerprint density at radius 1 is 1.15 bits per heavy atom. The van der Waals surface area contributed by atoms with Crippen molar-refractivity contribution in [3.8, 4) is 5.75 Å². The minimum Gasteiger partial charge on any atom is -0.487 e. The Balaban J connectivity index is 1.45. The number of carbonyl (C=O) groups is 1. The molecule has 3 N–H and O–H groups in total. The summed E-state index contributed by atoms with van der Waals surface area (Å²) in [6.45, 7) is -0.0988. The lowest BCUT2D eigenvalue weighted by Crippen LogP contribution is -2.54. The summed E-state index contributed by atoms with van der Waals surface area (Å²) in [6, 6.07) is 14.7. The molecule has 1 atom stereocenters. The molecule has 2 aliphatic rings. The lowest BCUT2D eigenvalue weighted by molar-refractivity contribution is -0.129. The van der Waals surface area contributed by atoms with Gasteiger partial charge >= 0.3 is 0 Å². The van der Waals surface area contributed by atoms with Crippen LogP contribution in [0.25, 0.3) is 0 Å². The molecule has 2 heterocycles. The highest BCUT2D eigenvalue weighted by molar-refractivity contribution is 6.31. The fourth-order valence-corrected chi connectivity index (χ4v) is 3.12. The monoisotopic (exact) mass is 384 g/mol. The van der Waals surface area contributed by atoms with Gasteiger partial charge in [0.25, 0.3) is 5.91 Å². The van der Waals surface area contributed by atoms with Crippen molar-refractivity contribution in [1.29, 1.82) is 0 Å². The van der Waals surface area contributed by atoms with Crippen LogP contribution in [0.1, 0.15) is 11.1 Å². The Labute approximate surface area is 160 Å². The number of rotatable bonds is 5. The highest BCUT2D eigenvalue weighted by Gasteiger charge is 2.34. The zero-order chi connectivity index (χ0) is 18.8. The molecule has 2 aromatic rings. The number of hydrogen-bond acceptors (Lipinski definition) is 6. The third-order valence-electron chi connectivity index (χ3n) is 4.24. The van der Waals surface area contributed by atoms with E-state index in [1.807, 2.05) is 30.3 Å². The minimum atomic E-state index is -0.479. The predicted octanol–water partition coefficient (Wildman–Crippen LogP) is 1.78. The smallest absolute Gasteiger partial charge is 0.272 e. The topological polar surface area (TPSA) is 86.2 Å². The number of benzene rings is 2. The lowest BCUT2D eigenvalue weighted by Gasteiger charge is -2.28. The van der Waals surface area contributed by atoms with E-state index in [4.69, 9.17) is 16.3 Å². The van der Waals surface area contributed by atoms with Crippen LogP contribution in [0, 0.1) is 0 Å². The first-order chi connectivity index (χ1) is 13.2. The van der Waals surface area contributed by atoms with Crippen molar-refractivity contribution in [3.63, 3.8) is 0 Å². The van der Waals surface area contributed by atoms with Gasteiger partial charge in [-0.15, -0.1) is 5.10 Å². The maximum atomic E-state index is 12.4. The molecule has 2 aromatic carbocycles. The van der Waals surface area contributed by atoms with E-state index in [2.05, 4.69) is 15.7 Å². The Morgan fingerprint density at radius 3 is 2.74 bits per heavy atom. The molecule has 0 saturated heterocycles. The number of hydrazone groups is 1. The normalized spacial score (nSPS) is 18.2. The van der Waals surface area contributed by atoms with E-state index in [0.717, 1.165) is 5.56 Å². The molecular formula is C19H17ClN4O3. The molecule has 27 heavy (non-hydrogen) atoms. The number of fused-ring (bicyclic) bond motifs is 1. The van der Waals surface area contributed by atoms with E-state index in [1.165, 1.54) is 11.1 Å². The van der Waals surface area contributed by atoms with E-state index in [0.29, 0.717) is 27.9 Å². The van der Waals surface area contributed by atoms with E-state index in [9.17, 15) is 9.90 Å². The molecule has 1 amide bonds. The lowest BCUT2D eigenvalue weighted by atomic mass is 10.2. The first-order valence-electron chi connectivity index (χ1n) is 8.37. The van der Waals surface area contributed by atoms with E-state index in [-0.39, 0.29) is 19.1 Å². The van der Waals surface area contributed by atoms with Gasteiger partial charge in [-0.1, -0.05) is 48.0 Å². The number of carbonyl (C=O) groups excluding carboxylic acids is 1.